The van der Waals surface area contributed by atoms with Gasteiger partial charge in [0.2, 0.25) is 5.91 Å². The summed E-state index contributed by atoms with van der Waals surface area (Å²) in [6, 6.07) is 22.0. The highest BCUT2D eigenvalue weighted by Gasteiger charge is 2.13. The van der Waals surface area contributed by atoms with Crippen LogP contribution in [0.1, 0.15) is 6.92 Å². The molecule has 0 aliphatic heterocycles. The molecule has 0 bridgehead atoms. The van der Waals surface area contributed by atoms with Crippen molar-refractivity contribution in [3.05, 3.63) is 84.1 Å². The molecule has 0 spiro atoms. The number of rotatable bonds is 9. The SMILES string of the molecule is CCOc1ccc(Oc2ccc(Cl)cc2NC(=O)CSc2nncn2-c2ccccc2)cc1. The summed E-state index contributed by atoms with van der Waals surface area (Å²) in [4.78, 5) is 12.7. The van der Waals surface area contributed by atoms with Crippen LogP contribution in [0.25, 0.3) is 5.69 Å². The lowest BCUT2D eigenvalue weighted by Crippen LogP contribution is -2.15. The highest BCUT2D eigenvalue weighted by molar-refractivity contribution is 7.99. The van der Waals surface area contributed by atoms with E-state index in [1.807, 2.05) is 54.0 Å². The molecular formula is C24H21ClN4O3S. The average Bonchev–Trinajstić information content (AvgIpc) is 3.30. The van der Waals surface area contributed by atoms with Crippen LogP contribution >= 0.6 is 23.4 Å². The number of aromatic nitrogens is 3. The third-order valence-corrected chi connectivity index (χ3v) is 5.64. The Hall–Kier alpha value is -3.49. The molecule has 3 aromatic carbocycles. The number of anilines is 1. The topological polar surface area (TPSA) is 78.3 Å². The highest BCUT2D eigenvalue weighted by atomic mass is 35.5. The number of benzene rings is 3. The van der Waals surface area contributed by atoms with E-state index in [4.69, 9.17) is 21.1 Å². The molecule has 0 aliphatic rings. The summed E-state index contributed by atoms with van der Waals surface area (Å²) in [5.74, 6) is 1.77. The Kier molecular flexibility index (Phi) is 7.49. The zero-order valence-corrected chi connectivity index (χ0v) is 19.3. The van der Waals surface area contributed by atoms with Crippen LogP contribution in [0.5, 0.6) is 17.2 Å². The van der Waals surface area contributed by atoms with E-state index < -0.39 is 0 Å². The molecule has 33 heavy (non-hydrogen) atoms. The van der Waals surface area contributed by atoms with Crippen molar-refractivity contribution in [1.29, 1.82) is 0 Å². The summed E-state index contributed by atoms with van der Waals surface area (Å²) < 4.78 is 13.2. The maximum absolute atomic E-state index is 12.7. The lowest BCUT2D eigenvalue weighted by atomic mass is 10.2. The summed E-state index contributed by atoms with van der Waals surface area (Å²) in [7, 11) is 0. The average molecular weight is 481 g/mol. The largest absolute Gasteiger partial charge is 0.494 e. The molecule has 1 N–H and O–H groups in total. The Bertz CT molecular complexity index is 1220. The molecule has 0 atom stereocenters. The number of halogens is 1. The summed E-state index contributed by atoms with van der Waals surface area (Å²) in [6.45, 7) is 2.52. The van der Waals surface area contributed by atoms with Crippen LogP contribution < -0.4 is 14.8 Å². The number of para-hydroxylation sites is 1. The number of ether oxygens (including phenoxy) is 2. The van der Waals surface area contributed by atoms with Crippen LogP contribution in [0.2, 0.25) is 5.02 Å². The number of nitrogens with zero attached hydrogens (tertiary/aromatic N) is 3. The fourth-order valence-corrected chi connectivity index (χ4v) is 3.89. The van der Waals surface area contributed by atoms with Gasteiger partial charge in [0.15, 0.2) is 10.9 Å². The fraction of sp³-hybridized carbons (Fsp3) is 0.125. The predicted octanol–water partition coefficient (Wildman–Crippen LogP) is 5.84. The van der Waals surface area contributed by atoms with Crippen molar-refractivity contribution in [2.24, 2.45) is 0 Å². The Morgan fingerprint density at radius 2 is 1.82 bits per heavy atom. The standard InChI is InChI=1S/C24H21ClN4O3S/c1-2-31-19-9-11-20(12-10-19)32-22-13-8-17(25)14-21(22)27-23(30)15-33-24-28-26-16-29(24)18-6-4-3-5-7-18/h3-14,16H,2,15H2,1H3,(H,27,30). The van der Waals surface area contributed by atoms with Gasteiger partial charge in [0, 0.05) is 10.7 Å². The second-order valence-corrected chi connectivity index (χ2v) is 8.18. The Balaban J connectivity index is 1.42. The van der Waals surface area contributed by atoms with E-state index in [1.54, 1.807) is 36.7 Å². The van der Waals surface area contributed by atoms with Gasteiger partial charge in [-0.15, -0.1) is 10.2 Å². The summed E-state index contributed by atoms with van der Waals surface area (Å²) in [6.07, 6.45) is 1.62. The lowest BCUT2D eigenvalue weighted by Gasteiger charge is -2.13. The van der Waals surface area contributed by atoms with E-state index >= 15 is 0 Å². The maximum atomic E-state index is 12.7. The molecule has 4 aromatic rings. The van der Waals surface area contributed by atoms with Crippen LogP contribution in [-0.4, -0.2) is 33.0 Å². The Labute approximate surface area is 200 Å². The van der Waals surface area contributed by atoms with E-state index in [1.165, 1.54) is 11.8 Å². The van der Waals surface area contributed by atoms with E-state index in [0.29, 0.717) is 34.0 Å². The number of hydrogen-bond donors (Lipinski definition) is 1. The van der Waals surface area contributed by atoms with Gasteiger partial charge in [0.25, 0.3) is 0 Å². The molecule has 0 saturated heterocycles. The van der Waals surface area contributed by atoms with Crippen LogP contribution in [0.3, 0.4) is 0 Å². The fourth-order valence-electron chi connectivity index (χ4n) is 2.99. The normalized spacial score (nSPS) is 10.6. The molecule has 1 aromatic heterocycles. The van der Waals surface area contributed by atoms with E-state index in [2.05, 4.69) is 15.5 Å². The van der Waals surface area contributed by atoms with Crippen molar-refractivity contribution < 1.29 is 14.3 Å². The molecule has 9 heteroatoms. The number of nitrogens with one attached hydrogen (secondary N) is 1. The molecule has 0 saturated carbocycles. The summed E-state index contributed by atoms with van der Waals surface area (Å²) in [5, 5.41) is 12.1. The van der Waals surface area contributed by atoms with Gasteiger partial charge in [-0.1, -0.05) is 41.6 Å². The van der Waals surface area contributed by atoms with Gasteiger partial charge in [0.05, 0.1) is 18.0 Å². The van der Waals surface area contributed by atoms with E-state index in [-0.39, 0.29) is 11.7 Å². The number of thioether (sulfide) groups is 1. The first kappa shape index (κ1) is 22.7. The Morgan fingerprint density at radius 1 is 1.06 bits per heavy atom. The van der Waals surface area contributed by atoms with Crippen molar-refractivity contribution in [1.82, 2.24) is 14.8 Å². The number of hydrogen-bond acceptors (Lipinski definition) is 6. The maximum Gasteiger partial charge on any atom is 0.234 e. The van der Waals surface area contributed by atoms with Crippen LogP contribution in [-0.2, 0) is 4.79 Å². The van der Waals surface area contributed by atoms with Crippen LogP contribution in [0.15, 0.2) is 84.3 Å². The summed E-state index contributed by atoms with van der Waals surface area (Å²) >= 11 is 7.44. The van der Waals surface area contributed by atoms with Gasteiger partial charge in [0.1, 0.15) is 17.8 Å². The molecule has 4 rings (SSSR count). The first-order valence-electron chi connectivity index (χ1n) is 10.2. The molecule has 168 valence electrons. The van der Waals surface area contributed by atoms with Gasteiger partial charge >= 0.3 is 0 Å². The molecule has 0 radical (unpaired) electrons. The minimum atomic E-state index is -0.221. The molecule has 7 nitrogen and oxygen atoms in total. The van der Waals surface area contributed by atoms with Crippen molar-refractivity contribution >= 4 is 35.0 Å². The van der Waals surface area contributed by atoms with Crippen molar-refractivity contribution in [3.63, 3.8) is 0 Å². The van der Waals surface area contributed by atoms with Crippen LogP contribution in [0, 0.1) is 0 Å². The predicted molar refractivity (Wildman–Crippen MR) is 130 cm³/mol. The third-order valence-electron chi connectivity index (χ3n) is 4.46. The number of amides is 1. The molecule has 0 fully saturated rings. The lowest BCUT2D eigenvalue weighted by molar-refractivity contribution is -0.113. The van der Waals surface area contributed by atoms with Gasteiger partial charge in [-0.05, 0) is 61.5 Å². The Morgan fingerprint density at radius 3 is 2.58 bits per heavy atom. The molecular weight excluding hydrogens is 460 g/mol. The third kappa shape index (κ3) is 6.06. The van der Waals surface area contributed by atoms with E-state index in [0.717, 1.165) is 11.4 Å². The van der Waals surface area contributed by atoms with Gasteiger partial charge in [-0.3, -0.25) is 9.36 Å². The summed E-state index contributed by atoms with van der Waals surface area (Å²) in [5.41, 5.74) is 1.40. The monoisotopic (exact) mass is 480 g/mol. The van der Waals surface area contributed by atoms with Crippen molar-refractivity contribution in [2.75, 3.05) is 17.7 Å². The first-order valence-corrected chi connectivity index (χ1v) is 11.6. The molecule has 0 unspecified atom stereocenters. The van der Waals surface area contributed by atoms with E-state index in [9.17, 15) is 4.79 Å². The second kappa shape index (κ2) is 10.9. The number of carbonyl (C=O) groups excluding carboxylic acids is 1. The smallest absolute Gasteiger partial charge is 0.234 e. The second-order valence-electron chi connectivity index (χ2n) is 6.80. The van der Waals surface area contributed by atoms with Gasteiger partial charge < -0.3 is 14.8 Å². The van der Waals surface area contributed by atoms with Crippen molar-refractivity contribution in [2.45, 2.75) is 12.1 Å². The molecule has 0 aliphatic carbocycles. The zero-order valence-electron chi connectivity index (χ0n) is 17.8. The molecule has 1 heterocycles. The van der Waals surface area contributed by atoms with Crippen LogP contribution in [0.4, 0.5) is 5.69 Å². The van der Waals surface area contributed by atoms with Gasteiger partial charge in [-0.25, -0.2) is 0 Å². The number of carbonyl (C=O) groups is 1. The quantitative estimate of drug-likeness (QED) is 0.303. The van der Waals surface area contributed by atoms with Gasteiger partial charge in [-0.2, -0.15) is 0 Å². The highest BCUT2D eigenvalue weighted by Crippen LogP contribution is 2.33. The zero-order chi connectivity index (χ0) is 23.0. The minimum Gasteiger partial charge on any atom is -0.494 e. The first-order chi connectivity index (χ1) is 16.1. The van der Waals surface area contributed by atoms with Crippen molar-refractivity contribution in [3.8, 4) is 22.9 Å². The molecule has 1 amide bonds. The minimum absolute atomic E-state index is 0.139.